The lowest BCUT2D eigenvalue weighted by Gasteiger charge is -2.18. The van der Waals surface area contributed by atoms with E-state index in [1.54, 1.807) is 13.0 Å². The van der Waals surface area contributed by atoms with Gasteiger partial charge in [-0.15, -0.1) is 0 Å². The van der Waals surface area contributed by atoms with Crippen molar-refractivity contribution in [3.05, 3.63) is 105 Å². The van der Waals surface area contributed by atoms with Crippen molar-refractivity contribution in [1.29, 1.82) is 0 Å². The van der Waals surface area contributed by atoms with Crippen molar-refractivity contribution in [2.24, 2.45) is 0 Å². The Kier molecular flexibility index (Phi) is 5.26. The second-order valence-electron chi connectivity index (χ2n) is 7.06. The highest BCUT2D eigenvalue weighted by Gasteiger charge is 2.23. The van der Waals surface area contributed by atoms with Gasteiger partial charge in [0.1, 0.15) is 5.82 Å². The van der Waals surface area contributed by atoms with Crippen LogP contribution in [0, 0.1) is 17.0 Å². The molecule has 0 saturated heterocycles. The van der Waals surface area contributed by atoms with Crippen molar-refractivity contribution in [2.75, 3.05) is 0 Å². The molecule has 0 aliphatic carbocycles. The molecule has 1 amide bonds. The number of fused-ring (bicyclic) bond motifs is 1. The molecule has 1 heterocycles. The number of aromatic amines is 1. The van der Waals surface area contributed by atoms with Gasteiger partial charge in [-0.2, -0.15) is 0 Å². The van der Waals surface area contributed by atoms with Gasteiger partial charge < -0.3 is 10.3 Å². The standard InChI is InChI=1S/C23H20N4O3/c1-15-17(10-7-13-21(15)27(29)30)23(28)26-20(14-16-8-3-2-4-9-16)22-24-18-11-5-6-12-19(18)25-22/h2-13,20H,14H2,1H3,(H,24,25)(H,26,28)/t20-/m0/s1. The van der Waals surface area contributed by atoms with E-state index in [0.717, 1.165) is 16.6 Å². The van der Waals surface area contributed by atoms with Crippen LogP contribution in [0.4, 0.5) is 5.69 Å². The van der Waals surface area contributed by atoms with Crippen LogP contribution in [0.2, 0.25) is 0 Å². The zero-order chi connectivity index (χ0) is 21.1. The van der Waals surface area contributed by atoms with Gasteiger partial charge in [0.05, 0.1) is 22.0 Å². The summed E-state index contributed by atoms with van der Waals surface area (Å²) in [6.45, 7) is 1.58. The third-order valence-corrected chi connectivity index (χ3v) is 5.07. The summed E-state index contributed by atoms with van der Waals surface area (Å²) < 4.78 is 0. The number of nitrogens with one attached hydrogen (secondary N) is 2. The number of H-pyrrole nitrogens is 1. The van der Waals surface area contributed by atoms with E-state index in [1.165, 1.54) is 12.1 Å². The highest BCUT2D eigenvalue weighted by Crippen LogP contribution is 2.24. The molecule has 3 aromatic carbocycles. The first-order valence-corrected chi connectivity index (χ1v) is 9.56. The van der Waals surface area contributed by atoms with E-state index in [2.05, 4.69) is 15.3 Å². The highest BCUT2D eigenvalue weighted by molar-refractivity contribution is 5.96. The third kappa shape index (κ3) is 3.91. The second-order valence-corrected chi connectivity index (χ2v) is 7.06. The Morgan fingerprint density at radius 3 is 2.53 bits per heavy atom. The maximum absolute atomic E-state index is 13.1. The van der Waals surface area contributed by atoms with Crippen LogP contribution >= 0.6 is 0 Å². The predicted molar refractivity (Wildman–Crippen MR) is 114 cm³/mol. The summed E-state index contributed by atoms with van der Waals surface area (Å²) in [7, 11) is 0. The number of hydrogen-bond acceptors (Lipinski definition) is 4. The van der Waals surface area contributed by atoms with Crippen LogP contribution < -0.4 is 5.32 Å². The van der Waals surface area contributed by atoms with E-state index in [-0.39, 0.29) is 17.2 Å². The molecule has 0 bridgehead atoms. The zero-order valence-corrected chi connectivity index (χ0v) is 16.3. The van der Waals surface area contributed by atoms with Gasteiger partial charge in [-0.1, -0.05) is 48.5 Å². The first-order valence-electron chi connectivity index (χ1n) is 9.56. The molecular weight excluding hydrogens is 380 g/mol. The molecule has 0 spiro atoms. The van der Waals surface area contributed by atoms with Crippen molar-refractivity contribution < 1.29 is 9.72 Å². The number of hydrogen-bond donors (Lipinski definition) is 2. The molecule has 150 valence electrons. The van der Waals surface area contributed by atoms with E-state index < -0.39 is 11.0 Å². The average Bonchev–Trinajstić information content (AvgIpc) is 3.18. The van der Waals surface area contributed by atoms with Gasteiger partial charge >= 0.3 is 0 Å². The Morgan fingerprint density at radius 2 is 1.80 bits per heavy atom. The normalized spacial score (nSPS) is 11.9. The van der Waals surface area contributed by atoms with E-state index in [0.29, 0.717) is 17.8 Å². The summed E-state index contributed by atoms with van der Waals surface area (Å²) in [5, 5.41) is 14.3. The van der Waals surface area contributed by atoms with E-state index in [4.69, 9.17) is 0 Å². The van der Waals surface area contributed by atoms with Crippen LogP contribution in [-0.2, 0) is 6.42 Å². The molecule has 0 unspecified atom stereocenters. The summed E-state index contributed by atoms with van der Waals surface area (Å²) in [6, 6.07) is 21.5. The van der Waals surface area contributed by atoms with Crippen LogP contribution in [0.15, 0.2) is 72.8 Å². The van der Waals surface area contributed by atoms with Crippen LogP contribution in [0.25, 0.3) is 11.0 Å². The number of amides is 1. The quantitative estimate of drug-likeness (QED) is 0.368. The molecule has 7 heteroatoms. The second kappa shape index (κ2) is 8.16. The van der Waals surface area contributed by atoms with Gasteiger partial charge in [0, 0.05) is 17.2 Å². The average molecular weight is 400 g/mol. The predicted octanol–water partition coefficient (Wildman–Crippen LogP) is 4.49. The molecule has 1 aromatic heterocycles. The number of imidazole rings is 1. The molecule has 30 heavy (non-hydrogen) atoms. The number of carbonyl (C=O) groups is 1. The van der Waals surface area contributed by atoms with Crippen molar-refractivity contribution in [3.8, 4) is 0 Å². The van der Waals surface area contributed by atoms with E-state index in [1.807, 2.05) is 54.6 Å². The molecule has 1 atom stereocenters. The minimum Gasteiger partial charge on any atom is -0.342 e. The Morgan fingerprint density at radius 1 is 1.07 bits per heavy atom. The monoisotopic (exact) mass is 400 g/mol. The van der Waals surface area contributed by atoms with Gasteiger partial charge in [0.25, 0.3) is 11.6 Å². The van der Waals surface area contributed by atoms with Gasteiger partial charge in [-0.3, -0.25) is 14.9 Å². The van der Waals surface area contributed by atoms with Crippen molar-refractivity contribution in [3.63, 3.8) is 0 Å². The lowest BCUT2D eigenvalue weighted by Crippen LogP contribution is -2.31. The fraction of sp³-hybridized carbons (Fsp3) is 0.130. The number of nitrogens with zero attached hydrogens (tertiary/aromatic N) is 2. The van der Waals surface area contributed by atoms with Crippen LogP contribution in [0.5, 0.6) is 0 Å². The van der Waals surface area contributed by atoms with Gasteiger partial charge in [-0.25, -0.2) is 4.98 Å². The lowest BCUT2D eigenvalue weighted by atomic mass is 10.0. The summed E-state index contributed by atoms with van der Waals surface area (Å²) >= 11 is 0. The summed E-state index contributed by atoms with van der Waals surface area (Å²) in [5.41, 5.74) is 3.27. The van der Waals surface area contributed by atoms with Gasteiger partial charge in [0.15, 0.2) is 0 Å². The third-order valence-electron chi connectivity index (χ3n) is 5.07. The Hall–Kier alpha value is -4.00. The minimum atomic E-state index is -0.479. The minimum absolute atomic E-state index is 0.0778. The SMILES string of the molecule is Cc1c(C(=O)N[C@@H](Cc2ccccc2)c2nc3ccccc3[nH]2)cccc1[N+](=O)[O-]. The fourth-order valence-electron chi connectivity index (χ4n) is 3.51. The first-order chi connectivity index (χ1) is 14.5. The topological polar surface area (TPSA) is 101 Å². The fourth-order valence-corrected chi connectivity index (χ4v) is 3.51. The molecule has 0 fully saturated rings. The number of benzene rings is 3. The van der Waals surface area contributed by atoms with Crippen LogP contribution in [-0.4, -0.2) is 20.8 Å². The molecule has 0 aliphatic rings. The molecule has 0 aliphatic heterocycles. The van der Waals surface area contributed by atoms with E-state index >= 15 is 0 Å². The largest absolute Gasteiger partial charge is 0.342 e. The summed E-state index contributed by atoms with van der Waals surface area (Å²) in [4.78, 5) is 31.7. The van der Waals surface area contributed by atoms with Crippen molar-refractivity contribution in [1.82, 2.24) is 15.3 Å². The number of rotatable bonds is 6. The smallest absolute Gasteiger partial charge is 0.273 e. The molecule has 0 saturated carbocycles. The molecule has 4 aromatic rings. The zero-order valence-electron chi connectivity index (χ0n) is 16.3. The number of para-hydroxylation sites is 2. The highest BCUT2D eigenvalue weighted by atomic mass is 16.6. The number of carbonyl (C=O) groups excluding carboxylic acids is 1. The summed E-state index contributed by atoms with van der Waals surface area (Å²) in [5.74, 6) is 0.258. The number of nitro groups is 1. The molecule has 7 nitrogen and oxygen atoms in total. The van der Waals surface area contributed by atoms with Crippen molar-refractivity contribution in [2.45, 2.75) is 19.4 Å². The van der Waals surface area contributed by atoms with Crippen LogP contribution in [0.1, 0.15) is 33.4 Å². The molecule has 0 radical (unpaired) electrons. The summed E-state index contributed by atoms with van der Waals surface area (Å²) in [6.07, 6.45) is 0.528. The molecule has 4 rings (SSSR count). The molecule has 2 N–H and O–H groups in total. The first kappa shape index (κ1) is 19.3. The van der Waals surface area contributed by atoms with Gasteiger partial charge in [-0.05, 0) is 37.1 Å². The lowest BCUT2D eigenvalue weighted by molar-refractivity contribution is -0.385. The Labute approximate surface area is 172 Å². The maximum Gasteiger partial charge on any atom is 0.273 e. The maximum atomic E-state index is 13.1. The Bertz CT molecular complexity index is 1180. The van der Waals surface area contributed by atoms with E-state index in [9.17, 15) is 14.9 Å². The van der Waals surface area contributed by atoms with Crippen molar-refractivity contribution >= 4 is 22.6 Å². The van der Waals surface area contributed by atoms with Gasteiger partial charge in [0.2, 0.25) is 0 Å². The molecular formula is C23H20N4O3. The van der Waals surface area contributed by atoms with Crippen LogP contribution in [0.3, 0.4) is 0 Å². The Balaban J connectivity index is 1.68. The number of aromatic nitrogens is 2. The number of nitro benzene ring substituents is 1.